The lowest BCUT2D eigenvalue weighted by Crippen LogP contribution is -2.40. The van der Waals surface area contributed by atoms with Gasteiger partial charge in [-0.25, -0.2) is 9.79 Å². The Morgan fingerprint density at radius 2 is 1.89 bits per heavy atom. The summed E-state index contributed by atoms with van der Waals surface area (Å²) in [5.41, 5.74) is 2.34. The smallest absolute Gasteiger partial charge is 0.338 e. The fourth-order valence-electron chi connectivity index (χ4n) is 5.92. The van der Waals surface area contributed by atoms with Crippen molar-refractivity contribution >= 4 is 34.8 Å². The highest BCUT2D eigenvalue weighted by atomic mass is 32.1. The molecule has 45 heavy (non-hydrogen) atoms. The van der Waals surface area contributed by atoms with Crippen LogP contribution in [0.25, 0.3) is 6.08 Å². The number of benzene rings is 2. The number of nitro groups is 1. The first-order valence-electron chi connectivity index (χ1n) is 15.2. The number of nitrogens with zero attached hydrogens (tertiary/aromatic N) is 4. The maximum absolute atomic E-state index is 14.4. The number of methoxy groups -OCH3 is 2. The summed E-state index contributed by atoms with van der Waals surface area (Å²) in [6, 6.07) is 9.12. The molecule has 2 aliphatic rings. The number of carbonyl (C=O) groups is 1. The van der Waals surface area contributed by atoms with E-state index in [1.54, 1.807) is 44.4 Å². The van der Waals surface area contributed by atoms with Crippen molar-refractivity contribution in [1.29, 1.82) is 0 Å². The van der Waals surface area contributed by atoms with Crippen LogP contribution in [0, 0.1) is 16.0 Å². The molecule has 0 spiro atoms. The van der Waals surface area contributed by atoms with Gasteiger partial charge in [-0.2, -0.15) is 0 Å². The van der Waals surface area contributed by atoms with Crippen molar-refractivity contribution < 1.29 is 23.9 Å². The second-order valence-corrected chi connectivity index (χ2v) is 12.2. The number of allylic oxidation sites excluding steroid dienone is 1. The Balaban J connectivity index is 1.78. The van der Waals surface area contributed by atoms with Crippen LogP contribution in [0.4, 0.5) is 11.4 Å². The molecule has 3 heterocycles. The number of aromatic nitrogens is 1. The molecular weight excluding hydrogens is 596 g/mol. The van der Waals surface area contributed by atoms with E-state index in [-0.39, 0.29) is 23.4 Å². The van der Waals surface area contributed by atoms with Crippen LogP contribution in [-0.4, -0.2) is 49.4 Å². The number of hydrogen-bond donors (Lipinski definition) is 0. The highest BCUT2D eigenvalue weighted by Crippen LogP contribution is 2.39. The van der Waals surface area contributed by atoms with Crippen molar-refractivity contribution in [3.05, 3.63) is 88.6 Å². The van der Waals surface area contributed by atoms with Crippen molar-refractivity contribution in [3.8, 4) is 11.5 Å². The summed E-state index contributed by atoms with van der Waals surface area (Å²) in [5.74, 6) is 1.04. The molecule has 1 fully saturated rings. The summed E-state index contributed by atoms with van der Waals surface area (Å²) >= 11 is 1.19. The van der Waals surface area contributed by atoms with Gasteiger partial charge in [-0.1, -0.05) is 31.6 Å². The Labute approximate surface area is 265 Å². The van der Waals surface area contributed by atoms with Gasteiger partial charge in [-0.05, 0) is 62.4 Å². The fraction of sp³-hybridized carbons (Fsp3) is 0.424. The lowest BCUT2D eigenvalue weighted by molar-refractivity contribution is -0.384. The molecule has 0 saturated carbocycles. The minimum absolute atomic E-state index is 0.0584. The third kappa shape index (κ3) is 6.37. The molecule has 0 amide bonds. The van der Waals surface area contributed by atoms with Gasteiger partial charge < -0.3 is 19.1 Å². The summed E-state index contributed by atoms with van der Waals surface area (Å²) < 4.78 is 18.6. The number of piperidine rings is 1. The van der Waals surface area contributed by atoms with Crippen LogP contribution in [0.3, 0.4) is 0 Å². The summed E-state index contributed by atoms with van der Waals surface area (Å²) in [7, 11) is 3.07. The zero-order valence-corrected chi connectivity index (χ0v) is 27.0. The molecular formula is C33H38N4O7S. The Kier molecular flexibility index (Phi) is 9.71. The van der Waals surface area contributed by atoms with Gasteiger partial charge in [-0.3, -0.25) is 19.5 Å². The molecule has 1 saturated heterocycles. The minimum atomic E-state index is -0.901. The number of fused-ring (bicyclic) bond motifs is 1. The number of ether oxygens (including phenoxy) is 3. The van der Waals surface area contributed by atoms with E-state index < -0.39 is 16.9 Å². The van der Waals surface area contributed by atoms with Crippen molar-refractivity contribution in [3.63, 3.8) is 0 Å². The topological polar surface area (TPSA) is 126 Å². The maximum atomic E-state index is 14.4. The first-order valence-corrected chi connectivity index (χ1v) is 16.0. The third-order valence-electron chi connectivity index (χ3n) is 8.26. The zero-order chi connectivity index (χ0) is 32.2. The Hall–Kier alpha value is -4.45. The molecule has 2 aromatic carbocycles. The quantitative estimate of drug-likeness (QED) is 0.178. The standard InChI is InChI=1S/C33H38N4O7S/c1-6-8-25-29(32(39)44-7-2)30(24-19-23(42-4)10-12-27(24)43-5)36-31(38)28(45-33(36)34-25)18-21-17-22(37(40)41)9-11-26(21)35-15-13-20(3)14-16-35/h9-12,17-20,30H,6-8,13-16H2,1-5H3/b28-18-/t30-/m1/s1. The summed E-state index contributed by atoms with van der Waals surface area (Å²) in [6.07, 6.45) is 4.93. The molecule has 2 aliphatic heterocycles. The van der Waals surface area contributed by atoms with E-state index >= 15 is 0 Å². The monoisotopic (exact) mass is 634 g/mol. The van der Waals surface area contributed by atoms with E-state index in [2.05, 4.69) is 11.8 Å². The number of hydrogen-bond acceptors (Lipinski definition) is 10. The summed E-state index contributed by atoms with van der Waals surface area (Å²) in [4.78, 5) is 46.8. The lowest BCUT2D eigenvalue weighted by Gasteiger charge is -2.33. The van der Waals surface area contributed by atoms with Crippen molar-refractivity contribution in [2.24, 2.45) is 10.9 Å². The molecule has 238 valence electrons. The molecule has 12 heteroatoms. The normalized spacial score (nSPS) is 17.1. The predicted octanol–water partition coefficient (Wildman–Crippen LogP) is 4.74. The van der Waals surface area contributed by atoms with Crippen LogP contribution >= 0.6 is 11.3 Å². The van der Waals surface area contributed by atoms with Gasteiger partial charge in [0.1, 0.15) is 17.5 Å². The zero-order valence-electron chi connectivity index (χ0n) is 26.2. The van der Waals surface area contributed by atoms with E-state index in [9.17, 15) is 19.7 Å². The number of non-ortho nitro benzene ring substituents is 1. The Bertz CT molecular complexity index is 1820. The number of thiazole rings is 1. The van der Waals surface area contributed by atoms with Crippen molar-refractivity contribution in [1.82, 2.24) is 4.57 Å². The molecule has 0 unspecified atom stereocenters. The van der Waals surface area contributed by atoms with Gasteiger partial charge in [0.15, 0.2) is 4.80 Å². The molecule has 0 radical (unpaired) electrons. The van der Waals surface area contributed by atoms with Crippen LogP contribution in [0.1, 0.15) is 63.6 Å². The molecule has 0 bridgehead atoms. The lowest BCUT2D eigenvalue weighted by atomic mass is 9.93. The third-order valence-corrected chi connectivity index (χ3v) is 9.24. The first kappa shape index (κ1) is 32.0. The average molecular weight is 635 g/mol. The SMILES string of the molecule is CCCC1=C(C(=O)OCC)[C@@H](c2cc(OC)ccc2OC)n2c(s/c(=C\c3cc([N+](=O)[O-])ccc3N3CCC(C)CC3)c2=O)=N1. The second-order valence-electron chi connectivity index (χ2n) is 11.2. The molecule has 0 aliphatic carbocycles. The average Bonchev–Trinajstić information content (AvgIpc) is 3.34. The summed E-state index contributed by atoms with van der Waals surface area (Å²) in [5, 5.41) is 11.8. The van der Waals surface area contributed by atoms with Crippen LogP contribution in [0.2, 0.25) is 0 Å². The van der Waals surface area contributed by atoms with Crippen LogP contribution < -0.4 is 29.3 Å². The maximum Gasteiger partial charge on any atom is 0.338 e. The van der Waals surface area contributed by atoms with E-state index in [1.807, 2.05) is 6.92 Å². The highest BCUT2D eigenvalue weighted by molar-refractivity contribution is 7.07. The van der Waals surface area contributed by atoms with E-state index in [0.29, 0.717) is 56.4 Å². The molecule has 11 nitrogen and oxygen atoms in total. The number of rotatable bonds is 10. The Morgan fingerprint density at radius 3 is 2.53 bits per heavy atom. The Morgan fingerprint density at radius 1 is 1.13 bits per heavy atom. The molecule has 0 N–H and O–H groups in total. The van der Waals surface area contributed by atoms with Crippen molar-refractivity contribution in [2.45, 2.75) is 52.5 Å². The number of carbonyl (C=O) groups excluding carboxylic acids is 1. The molecule has 5 rings (SSSR count). The van der Waals surface area contributed by atoms with Gasteiger partial charge in [0.25, 0.3) is 11.2 Å². The fourth-order valence-corrected chi connectivity index (χ4v) is 6.93. The van der Waals surface area contributed by atoms with E-state index in [4.69, 9.17) is 19.2 Å². The van der Waals surface area contributed by atoms with Gasteiger partial charge in [0, 0.05) is 42.0 Å². The van der Waals surface area contributed by atoms with E-state index in [1.165, 1.54) is 35.1 Å². The van der Waals surface area contributed by atoms with Gasteiger partial charge >= 0.3 is 5.97 Å². The van der Waals surface area contributed by atoms with Crippen LogP contribution in [-0.2, 0) is 9.53 Å². The van der Waals surface area contributed by atoms with Gasteiger partial charge in [0.05, 0.1) is 41.6 Å². The highest BCUT2D eigenvalue weighted by Gasteiger charge is 2.36. The van der Waals surface area contributed by atoms with Crippen LogP contribution in [0.5, 0.6) is 11.5 Å². The molecule has 1 aromatic heterocycles. The molecule has 1 atom stereocenters. The minimum Gasteiger partial charge on any atom is -0.497 e. The molecule has 3 aromatic rings. The van der Waals surface area contributed by atoms with Crippen molar-refractivity contribution in [2.75, 3.05) is 38.8 Å². The number of nitro benzene ring substituents is 1. The summed E-state index contributed by atoms with van der Waals surface area (Å²) in [6.45, 7) is 7.74. The van der Waals surface area contributed by atoms with E-state index in [0.717, 1.165) is 31.6 Å². The largest absolute Gasteiger partial charge is 0.497 e. The van der Waals surface area contributed by atoms with Gasteiger partial charge in [0.2, 0.25) is 0 Å². The van der Waals surface area contributed by atoms with Gasteiger partial charge in [-0.15, -0.1) is 0 Å². The van der Waals surface area contributed by atoms with Crippen LogP contribution in [0.15, 0.2) is 57.5 Å². The number of esters is 1. The number of anilines is 1. The second kappa shape index (κ2) is 13.7. The predicted molar refractivity (Wildman–Crippen MR) is 173 cm³/mol. The first-order chi connectivity index (χ1) is 21.7.